The molecule has 27 heavy (non-hydrogen) atoms. The molecule has 1 saturated heterocycles. The van der Waals surface area contributed by atoms with Crippen LogP contribution in [-0.2, 0) is 10.9 Å². The fourth-order valence-electron chi connectivity index (χ4n) is 3.78. The topological polar surface area (TPSA) is 54.7 Å². The third kappa shape index (κ3) is 3.63. The number of halogens is 3. The maximum Gasteiger partial charge on any atom is 0.416 e. The second-order valence-corrected chi connectivity index (χ2v) is 7.01. The molecule has 1 aromatic heterocycles. The second kappa shape index (κ2) is 7.07. The summed E-state index contributed by atoms with van der Waals surface area (Å²) >= 11 is 0. The molecule has 2 aliphatic rings. The lowest BCUT2D eigenvalue weighted by molar-refractivity contribution is -0.137. The number of nitrogens with one attached hydrogen (secondary N) is 1. The summed E-state index contributed by atoms with van der Waals surface area (Å²) in [5.74, 6) is -0.322. The number of anilines is 1. The number of furan rings is 1. The summed E-state index contributed by atoms with van der Waals surface area (Å²) in [6.45, 7) is 2.27. The Morgan fingerprint density at radius 2 is 2.11 bits per heavy atom. The quantitative estimate of drug-likeness (QED) is 0.873. The van der Waals surface area contributed by atoms with Crippen molar-refractivity contribution in [2.75, 3.05) is 31.1 Å². The highest BCUT2D eigenvalue weighted by Crippen LogP contribution is 2.39. The molecule has 1 unspecified atom stereocenters. The van der Waals surface area contributed by atoms with Gasteiger partial charge in [0.15, 0.2) is 0 Å². The zero-order valence-electron chi connectivity index (χ0n) is 14.8. The lowest BCUT2D eigenvalue weighted by Gasteiger charge is -2.27. The third-order valence-electron chi connectivity index (χ3n) is 5.17. The molecule has 3 heterocycles. The Morgan fingerprint density at radius 3 is 2.85 bits per heavy atom. The van der Waals surface area contributed by atoms with Gasteiger partial charge >= 0.3 is 6.18 Å². The van der Waals surface area contributed by atoms with Crippen LogP contribution in [0.3, 0.4) is 0 Å². The number of alkyl halides is 3. The number of ether oxygens (including phenoxy) is 1. The molecule has 1 amide bonds. The molecule has 8 heteroatoms. The van der Waals surface area contributed by atoms with Crippen LogP contribution >= 0.6 is 0 Å². The Morgan fingerprint density at radius 1 is 1.26 bits per heavy atom. The summed E-state index contributed by atoms with van der Waals surface area (Å²) in [5.41, 5.74) is -0.0234. The number of hydrogen-bond donors (Lipinski definition) is 1. The predicted octanol–water partition coefficient (Wildman–Crippen LogP) is 3.96. The zero-order chi connectivity index (χ0) is 19.0. The first-order valence-electron chi connectivity index (χ1n) is 9.22. The first-order valence-corrected chi connectivity index (χ1v) is 9.22. The van der Waals surface area contributed by atoms with Crippen molar-refractivity contribution in [2.24, 2.45) is 0 Å². The monoisotopic (exact) mass is 382 g/mol. The maximum atomic E-state index is 13.2. The second-order valence-electron chi connectivity index (χ2n) is 7.01. The van der Waals surface area contributed by atoms with E-state index in [9.17, 15) is 18.0 Å². The molecular formula is C19H21F3N2O3. The van der Waals surface area contributed by atoms with Crippen LogP contribution in [0.1, 0.15) is 41.8 Å². The van der Waals surface area contributed by atoms with E-state index in [1.165, 1.54) is 6.07 Å². The normalized spacial score (nSPS) is 21.1. The minimum atomic E-state index is -4.45. The number of carbonyl (C=O) groups is 1. The average molecular weight is 382 g/mol. The summed E-state index contributed by atoms with van der Waals surface area (Å²) in [7, 11) is 0. The van der Waals surface area contributed by atoms with E-state index in [4.69, 9.17) is 9.15 Å². The van der Waals surface area contributed by atoms with E-state index in [-0.39, 0.29) is 17.4 Å². The fraction of sp³-hybridized carbons (Fsp3) is 0.526. The first-order chi connectivity index (χ1) is 12.9. The highest BCUT2D eigenvalue weighted by Gasteiger charge is 2.33. The number of nitrogens with zero attached hydrogens (tertiary/aromatic N) is 1. The van der Waals surface area contributed by atoms with Gasteiger partial charge < -0.3 is 19.4 Å². The highest BCUT2D eigenvalue weighted by molar-refractivity contribution is 6.07. The summed E-state index contributed by atoms with van der Waals surface area (Å²) in [4.78, 5) is 14.3. The van der Waals surface area contributed by atoms with Gasteiger partial charge in [0.25, 0.3) is 5.91 Å². The SMILES string of the molecule is O=C1NCCN(CCC2CCCCO2)c2c1oc1ccc(C(F)(F)F)cc21. The van der Waals surface area contributed by atoms with Crippen molar-refractivity contribution in [2.45, 2.75) is 38.0 Å². The van der Waals surface area contributed by atoms with Gasteiger partial charge in [0, 0.05) is 31.6 Å². The van der Waals surface area contributed by atoms with Crippen molar-refractivity contribution in [3.63, 3.8) is 0 Å². The summed E-state index contributed by atoms with van der Waals surface area (Å²) in [5, 5.41) is 3.07. The molecule has 0 spiro atoms. The Labute approximate surface area is 154 Å². The molecule has 2 aromatic rings. The van der Waals surface area contributed by atoms with Gasteiger partial charge in [-0.1, -0.05) is 0 Å². The van der Waals surface area contributed by atoms with E-state index in [1.54, 1.807) is 0 Å². The number of carbonyl (C=O) groups excluding carboxylic acids is 1. The van der Waals surface area contributed by atoms with Crippen LogP contribution in [0.15, 0.2) is 22.6 Å². The molecule has 0 saturated carbocycles. The van der Waals surface area contributed by atoms with Gasteiger partial charge in [-0.25, -0.2) is 0 Å². The first kappa shape index (κ1) is 18.2. The van der Waals surface area contributed by atoms with Gasteiger partial charge in [0.05, 0.1) is 17.4 Å². The Hall–Kier alpha value is -2.22. The molecule has 146 valence electrons. The van der Waals surface area contributed by atoms with Crippen molar-refractivity contribution in [3.05, 3.63) is 29.5 Å². The third-order valence-corrected chi connectivity index (χ3v) is 5.17. The largest absolute Gasteiger partial charge is 0.449 e. The van der Waals surface area contributed by atoms with E-state index in [0.717, 1.165) is 44.4 Å². The van der Waals surface area contributed by atoms with Gasteiger partial charge in [0.2, 0.25) is 5.76 Å². The molecule has 0 bridgehead atoms. The number of rotatable bonds is 3. The Bertz CT molecular complexity index is 841. The van der Waals surface area contributed by atoms with Crippen LogP contribution in [0.5, 0.6) is 0 Å². The minimum Gasteiger partial charge on any atom is -0.449 e. The van der Waals surface area contributed by atoms with Gasteiger partial charge in [-0.05, 0) is 43.9 Å². The molecule has 0 radical (unpaired) electrons. The van der Waals surface area contributed by atoms with E-state index >= 15 is 0 Å². The van der Waals surface area contributed by atoms with E-state index in [2.05, 4.69) is 5.32 Å². The molecule has 0 aliphatic carbocycles. The molecule has 1 aromatic carbocycles. The van der Waals surface area contributed by atoms with Crippen LogP contribution in [-0.4, -0.2) is 38.3 Å². The summed E-state index contributed by atoms with van der Waals surface area (Å²) in [6, 6.07) is 3.33. The van der Waals surface area contributed by atoms with Crippen LogP contribution in [0.4, 0.5) is 18.9 Å². The predicted molar refractivity (Wildman–Crippen MR) is 94.0 cm³/mol. The molecule has 4 rings (SSSR count). The van der Waals surface area contributed by atoms with Crippen molar-refractivity contribution in [3.8, 4) is 0 Å². The summed E-state index contributed by atoms with van der Waals surface area (Å²) < 4.78 is 50.9. The van der Waals surface area contributed by atoms with Crippen molar-refractivity contribution in [1.29, 1.82) is 0 Å². The lowest BCUT2D eigenvalue weighted by atomic mass is 10.1. The smallest absolute Gasteiger partial charge is 0.416 e. The molecular weight excluding hydrogens is 361 g/mol. The van der Waals surface area contributed by atoms with Crippen LogP contribution in [0.25, 0.3) is 11.0 Å². The highest BCUT2D eigenvalue weighted by atomic mass is 19.4. The Kier molecular flexibility index (Phi) is 4.75. The number of amides is 1. The van der Waals surface area contributed by atoms with E-state index in [1.807, 2.05) is 4.90 Å². The van der Waals surface area contributed by atoms with Crippen LogP contribution in [0, 0.1) is 0 Å². The van der Waals surface area contributed by atoms with Crippen molar-refractivity contribution in [1.82, 2.24) is 5.32 Å². The van der Waals surface area contributed by atoms with Crippen LogP contribution < -0.4 is 10.2 Å². The molecule has 2 aliphatic heterocycles. The fourth-order valence-corrected chi connectivity index (χ4v) is 3.78. The molecule has 5 nitrogen and oxygen atoms in total. The summed E-state index contributed by atoms with van der Waals surface area (Å²) in [6.07, 6.45) is -0.360. The maximum absolute atomic E-state index is 13.2. The molecule has 1 atom stereocenters. The molecule has 1 N–H and O–H groups in total. The van der Waals surface area contributed by atoms with Gasteiger partial charge in [-0.3, -0.25) is 4.79 Å². The lowest BCUT2D eigenvalue weighted by Crippen LogP contribution is -2.33. The zero-order valence-corrected chi connectivity index (χ0v) is 14.8. The number of hydrogen-bond acceptors (Lipinski definition) is 4. The molecule has 1 fully saturated rings. The standard InChI is InChI=1S/C19H21F3N2O3/c20-19(21,22)12-4-5-15-14(11-12)16-17(27-15)18(25)23-7-9-24(16)8-6-13-3-1-2-10-26-13/h4-5,11,13H,1-3,6-10H2,(H,23,25). The minimum absolute atomic E-state index is 0.0754. The van der Waals surface area contributed by atoms with E-state index in [0.29, 0.717) is 30.7 Å². The Balaban J connectivity index is 1.70. The van der Waals surface area contributed by atoms with Gasteiger partial charge in [-0.2, -0.15) is 13.2 Å². The number of benzene rings is 1. The van der Waals surface area contributed by atoms with Gasteiger partial charge in [0.1, 0.15) is 5.58 Å². The van der Waals surface area contributed by atoms with E-state index < -0.39 is 17.6 Å². The average Bonchev–Trinajstić information content (AvgIpc) is 2.96. The van der Waals surface area contributed by atoms with Crippen molar-refractivity contribution < 1.29 is 27.1 Å². The van der Waals surface area contributed by atoms with Crippen molar-refractivity contribution >= 4 is 22.6 Å². The number of fused-ring (bicyclic) bond motifs is 3. The van der Waals surface area contributed by atoms with Crippen LogP contribution in [0.2, 0.25) is 0 Å². The van der Waals surface area contributed by atoms with Gasteiger partial charge in [-0.15, -0.1) is 0 Å².